The van der Waals surface area contributed by atoms with E-state index >= 15 is 0 Å². The number of methoxy groups -OCH3 is 1. The number of benzene rings is 3. The standard InChI is InChI=1S/C35H44N2O8S3/c1-34(2,3)24-10-16-28(17-11-24)47(40,41)37-22-27(46)21-31(37)32(38)36-30(33(39)44-7)20-23-8-14-26(15-9-23)45-48(42,43)29-18-12-25(13-19-29)35(4,5)6/h8-19,27,30-31,46H,20-22H2,1-7H3,(H,36,38)/t27-,30-,31-/m0/s1. The lowest BCUT2D eigenvalue weighted by Gasteiger charge is -2.26. The fourth-order valence-corrected chi connectivity index (χ4v) is 8.43. The van der Waals surface area contributed by atoms with Crippen LogP contribution in [-0.2, 0) is 51.7 Å². The van der Waals surface area contributed by atoms with Crippen molar-refractivity contribution in [2.24, 2.45) is 0 Å². The number of hydrogen-bond donors (Lipinski definition) is 2. The SMILES string of the molecule is COC(=O)[C@H](Cc1ccc(OS(=O)(=O)c2ccc(C(C)(C)C)cc2)cc1)NC(=O)[C@@H]1C[C@H](S)CN1S(=O)(=O)c1ccc(C(C)(C)C)cc1. The van der Waals surface area contributed by atoms with Crippen molar-refractivity contribution in [3.63, 3.8) is 0 Å². The molecule has 0 bridgehead atoms. The van der Waals surface area contributed by atoms with Gasteiger partial charge in [0, 0.05) is 18.2 Å². The van der Waals surface area contributed by atoms with E-state index in [-0.39, 0.29) is 51.0 Å². The Hall–Kier alpha value is -3.39. The number of ether oxygens (including phenoxy) is 1. The number of carbonyl (C=O) groups is 2. The van der Waals surface area contributed by atoms with Crippen LogP contribution in [0.1, 0.15) is 64.7 Å². The predicted molar refractivity (Wildman–Crippen MR) is 187 cm³/mol. The van der Waals surface area contributed by atoms with Crippen molar-refractivity contribution in [3.05, 3.63) is 89.5 Å². The summed E-state index contributed by atoms with van der Waals surface area (Å²) in [6.45, 7) is 12.2. The van der Waals surface area contributed by atoms with Crippen LogP contribution in [0.25, 0.3) is 0 Å². The van der Waals surface area contributed by atoms with Crippen LogP contribution in [0.15, 0.2) is 82.6 Å². The monoisotopic (exact) mass is 716 g/mol. The molecule has 0 saturated carbocycles. The van der Waals surface area contributed by atoms with E-state index in [4.69, 9.17) is 8.92 Å². The molecule has 3 aromatic rings. The van der Waals surface area contributed by atoms with Gasteiger partial charge in [0.1, 0.15) is 22.7 Å². The molecule has 0 aromatic heterocycles. The van der Waals surface area contributed by atoms with Gasteiger partial charge in [-0.25, -0.2) is 13.2 Å². The number of nitrogens with zero attached hydrogens (tertiary/aromatic N) is 1. The Morgan fingerprint density at radius 1 is 0.833 bits per heavy atom. The van der Waals surface area contributed by atoms with Crippen molar-refractivity contribution < 1.29 is 35.3 Å². The second-order valence-corrected chi connectivity index (χ2v) is 18.2. The zero-order valence-corrected chi connectivity index (χ0v) is 30.8. The third kappa shape index (κ3) is 8.79. The molecule has 1 fully saturated rings. The van der Waals surface area contributed by atoms with Crippen molar-refractivity contribution >= 4 is 44.6 Å². The van der Waals surface area contributed by atoms with Gasteiger partial charge in [-0.2, -0.15) is 25.4 Å². The predicted octanol–water partition coefficient (Wildman–Crippen LogP) is 5.01. The van der Waals surface area contributed by atoms with Crippen LogP contribution < -0.4 is 9.50 Å². The third-order valence-electron chi connectivity index (χ3n) is 8.24. The van der Waals surface area contributed by atoms with Gasteiger partial charge in [0.2, 0.25) is 15.9 Å². The minimum Gasteiger partial charge on any atom is -0.467 e. The molecule has 260 valence electrons. The molecular formula is C35H44N2O8S3. The summed E-state index contributed by atoms with van der Waals surface area (Å²) in [5.74, 6) is -1.31. The highest BCUT2D eigenvalue weighted by Gasteiger charge is 2.44. The molecule has 0 unspecified atom stereocenters. The highest BCUT2D eigenvalue weighted by atomic mass is 32.2. The number of carbonyl (C=O) groups excluding carboxylic acids is 2. The Labute approximate surface area is 289 Å². The van der Waals surface area contributed by atoms with Crippen LogP contribution >= 0.6 is 12.6 Å². The average molecular weight is 717 g/mol. The van der Waals surface area contributed by atoms with Crippen molar-refractivity contribution in [3.8, 4) is 5.75 Å². The molecule has 1 aliphatic heterocycles. The summed E-state index contributed by atoms with van der Waals surface area (Å²) in [5, 5.41) is 2.28. The first-order valence-corrected chi connectivity index (χ1v) is 18.9. The van der Waals surface area contributed by atoms with Gasteiger partial charge in [-0.15, -0.1) is 0 Å². The molecule has 3 atom stereocenters. The lowest BCUT2D eigenvalue weighted by molar-refractivity contribution is -0.145. The summed E-state index contributed by atoms with van der Waals surface area (Å²) in [7, 11) is -6.96. The molecule has 0 spiro atoms. The lowest BCUT2D eigenvalue weighted by atomic mass is 9.87. The van der Waals surface area contributed by atoms with Crippen LogP contribution in [0.4, 0.5) is 0 Å². The smallest absolute Gasteiger partial charge is 0.339 e. The first-order chi connectivity index (χ1) is 22.2. The molecule has 3 aromatic carbocycles. The molecule has 0 radical (unpaired) electrons. The fraction of sp³-hybridized carbons (Fsp3) is 0.429. The van der Waals surface area contributed by atoms with Crippen LogP contribution in [0, 0.1) is 0 Å². The minimum absolute atomic E-state index is 0.00223. The number of nitrogens with one attached hydrogen (secondary N) is 1. The molecule has 1 amide bonds. The summed E-state index contributed by atoms with van der Waals surface area (Å²) in [6.07, 6.45) is 0.152. The third-order valence-corrected chi connectivity index (χ3v) is 11.8. The highest BCUT2D eigenvalue weighted by molar-refractivity contribution is 7.89. The number of esters is 1. The molecule has 1 saturated heterocycles. The number of hydrogen-bond acceptors (Lipinski definition) is 9. The summed E-state index contributed by atoms with van der Waals surface area (Å²) in [4.78, 5) is 26.4. The van der Waals surface area contributed by atoms with Gasteiger partial charge in [0.05, 0.1) is 12.0 Å². The van der Waals surface area contributed by atoms with E-state index < -0.39 is 44.1 Å². The van der Waals surface area contributed by atoms with Crippen molar-refractivity contribution in [2.45, 2.75) is 92.3 Å². The Kier molecular flexibility index (Phi) is 11.1. The number of thiol groups is 1. The first kappa shape index (κ1) is 37.4. The lowest BCUT2D eigenvalue weighted by Crippen LogP contribution is -2.51. The van der Waals surface area contributed by atoms with Crippen LogP contribution in [0.3, 0.4) is 0 Å². The molecule has 13 heteroatoms. The van der Waals surface area contributed by atoms with E-state index in [1.165, 1.54) is 43.5 Å². The van der Waals surface area contributed by atoms with Gasteiger partial charge in [0.25, 0.3) is 0 Å². The normalized spacial score (nSPS) is 18.2. The Morgan fingerprint density at radius 2 is 1.33 bits per heavy atom. The van der Waals surface area contributed by atoms with Gasteiger partial charge in [-0.05, 0) is 70.3 Å². The van der Waals surface area contributed by atoms with Gasteiger partial charge in [0.15, 0.2) is 0 Å². The van der Waals surface area contributed by atoms with E-state index in [9.17, 15) is 26.4 Å². The molecule has 1 aliphatic rings. The molecule has 10 nitrogen and oxygen atoms in total. The van der Waals surface area contributed by atoms with Gasteiger partial charge in [-0.1, -0.05) is 77.9 Å². The summed E-state index contributed by atoms with van der Waals surface area (Å²) in [5.41, 5.74) is 2.23. The van der Waals surface area contributed by atoms with Crippen molar-refractivity contribution in [2.75, 3.05) is 13.7 Å². The molecule has 48 heavy (non-hydrogen) atoms. The van der Waals surface area contributed by atoms with E-state index in [0.29, 0.717) is 5.56 Å². The summed E-state index contributed by atoms with van der Waals surface area (Å²) < 4.78 is 64.5. The first-order valence-electron chi connectivity index (χ1n) is 15.5. The zero-order chi connectivity index (χ0) is 35.7. The summed E-state index contributed by atoms with van der Waals surface area (Å²) >= 11 is 4.48. The van der Waals surface area contributed by atoms with Gasteiger partial charge < -0.3 is 14.2 Å². The maximum atomic E-state index is 13.7. The molecule has 0 aliphatic carbocycles. The molecule has 4 rings (SSSR count). The number of amides is 1. The quantitative estimate of drug-likeness (QED) is 0.170. The molecular weight excluding hydrogens is 673 g/mol. The highest BCUT2D eigenvalue weighted by Crippen LogP contribution is 2.31. The summed E-state index contributed by atoms with van der Waals surface area (Å²) in [6, 6.07) is 16.9. The number of sulfonamides is 1. The second-order valence-electron chi connectivity index (χ2n) is 14.0. The van der Waals surface area contributed by atoms with Crippen molar-refractivity contribution in [1.29, 1.82) is 0 Å². The van der Waals surface area contributed by atoms with Crippen LogP contribution in [0.5, 0.6) is 5.75 Å². The van der Waals surface area contributed by atoms with E-state index in [1.807, 2.05) is 41.5 Å². The van der Waals surface area contributed by atoms with Crippen LogP contribution in [0.2, 0.25) is 0 Å². The Morgan fingerprint density at radius 3 is 1.81 bits per heavy atom. The van der Waals surface area contributed by atoms with Gasteiger partial charge >= 0.3 is 16.1 Å². The van der Waals surface area contributed by atoms with E-state index in [2.05, 4.69) is 17.9 Å². The fourth-order valence-electron chi connectivity index (χ4n) is 5.37. The largest absolute Gasteiger partial charge is 0.467 e. The van der Waals surface area contributed by atoms with Crippen molar-refractivity contribution in [1.82, 2.24) is 9.62 Å². The Bertz CT molecular complexity index is 1830. The van der Waals surface area contributed by atoms with E-state index in [1.54, 1.807) is 36.4 Å². The molecule has 1 heterocycles. The van der Waals surface area contributed by atoms with Crippen LogP contribution in [-0.4, -0.2) is 64.0 Å². The Balaban J connectivity index is 1.47. The zero-order valence-electron chi connectivity index (χ0n) is 28.3. The van der Waals surface area contributed by atoms with E-state index in [0.717, 1.165) is 15.4 Å². The maximum Gasteiger partial charge on any atom is 0.339 e. The minimum atomic E-state index is -4.10. The van der Waals surface area contributed by atoms with Gasteiger partial charge in [-0.3, -0.25) is 4.79 Å². The topological polar surface area (TPSA) is 136 Å². The maximum absolute atomic E-state index is 13.7. The number of rotatable bonds is 10. The molecule has 1 N–H and O–H groups in total. The average Bonchev–Trinajstić information content (AvgIpc) is 3.43. The second kappa shape index (κ2) is 14.2.